The SMILES string of the molecule is CCO[Si](CCCN)(OCC)OCC.CCO[Si](CCCNS(=O)(=O)c1cccc2c(N(C)C)cccc12)(OCC)OCC.CN(C)c1cccc2c(S(=O)(=O)OCl)cccc12. The molecule has 62 heavy (non-hydrogen) atoms. The summed E-state index contributed by atoms with van der Waals surface area (Å²) in [4.78, 5) is 4.25. The lowest BCUT2D eigenvalue weighted by Crippen LogP contribution is -2.46. The molecule has 0 aromatic heterocycles. The van der Waals surface area contributed by atoms with Crippen LogP contribution in [0.5, 0.6) is 0 Å². The van der Waals surface area contributed by atoms with Gasteiger partial charge in [0.2, 0.25) is 10.0 Å². The fourth-order valence-electron chi connectivity index (χ4n) is 6.71. The Morgan fingerprint density at radius 1 is 0.548 bits per heavy atom. The van der Waals surface area contributed by atoms with Gasteiger partial charge in [0.15, 0.2) is 0 Å². The monoisotopic (exact) mass is 960 g/mol. The first kappa shape index (κ1) is 55.4. The van der Waals surface area contributed by atoms with Gasteiger partial charge >= 0.3 is 27.7 Å². The van der Waals surface area contributed by atoms with Crippen molar-refractivity contribution in [1.82, 2.24) is 4.72 Å². The number of nitrogens with two attached hydrogens (primary N) is 1. The van der Waals surface area contributed by atoms with Crippen LogP contribution in [0.1, 0.15) is 54.4 Å². The number of sulfonamides is 1. The lowest BCUT2D eigenvalue weighted by atomic mass is 10.1. The summed E-state index contributed by atoms with van der Waals surface area (Å²) in [7, 11) is -5.07. The zero-order valence-corrected chi connectivity index (χ0v) is 42.5. The van der Waals surface area contributed by atoms with Crippen molar-refractivity contribution in [1.29, 1.82) is 0 Å². The molecule has 0 atom stereocenters. The van der Waals surface area contributed by atoms with E-state index in [-0.39, 0.29) is 16.3 Å². The summed E-state index contributed by atoms with van der Waals surface area (Å²) in [5.74, 6) is 0. The van der Waals surface area contributed by atoms with E-state index < -0.39 is 37.8 Å². The van der Waals surface area contributed by atoms with Crippen molar-refractivity contribution in [3.8, 4) is 0 Å². The lowest BCUT2D eigenvalue weighted by Gasteiger charge is -2.28. The zero-order chi connectivity index (χ0) is 46.4. The molecule has 20 heteroatoms. The fraction of sp³-hybridized carbons (Fsp3) is 0.524. The first-order valence-corrected chi connectivity index (χ1v) is 28.0. The molecule has 0 saturated carbocycles. The number of benzene rings is 4. The first-order valence-electron chi connectivity index (χ1n) is 21.0. The van der Waals surface area contributed by atoms with Gasteiger partial charge in [0.1, 0.15) is 4.90 Å². The molecule has 0 radical (unpaired) electrons. The predicted molar refractivity (Wildman–Crippen MR) is 255 cm³/mol. The molecule has 0 heterocycles. The van der Waals surface area contributed by atoms with Crippen LogP contribution >= 0.6 is 11.9 Å². The number of rotatable bonds is 25. The van der Waals surface area contributed by atoms with Crippen molar-refractivity contribution in [2.45, 2.75) is 76.3 Å². The van der Waals surface area contributed by atoms with Crippen LogP contribution in [0.3, 0.4) is 0 Å². The molecule has 0 bridgehead atoms. The van der Waals surface area contributed by atoms with E-state index >= 15 is 0 Å². The Kier molecular flexibility index (Phi) is 24.6. The highest BCUT2D eigenvalue weighted by Gasteiger charge is 2.40. The van der Waals surface area contributed by atoms with Crippen LogP contribution in [-0.2, 0) is 50.4 Å². The maximum atomic E-state index is 13.0. The molecule has 0 aliphatic heterocycles. The molecule has 0 unspecified atom stereocenters. The molecule has 4 aromatic carbocycles. The zero-order valence-electron chi connectivity index (χ0n) is 38.1. The second-order valence-electron chi connectivity index (χ2n) is 13.9. The topological polar surface area (TPSA) is 177 Å². The highest BCUT2D eigenvalue weighted by atomic mass is 35.5. The quantitative estimate of drug-likeness (QED) is 0.0486. The molecule has 4 aromatic rings. The van der Waals surface area contributed by atoms with Crippen LogP contribution < -0.4 is 20.3 Å². The number of hydrogen-bond acceptors (Lipinski definition) is 14. The van der Waals surface area contributed by atoms with E-state index in [2.05, 4.69) is 8.46 Å². The maximum absolute atomic E-state index is 13.0. The smallest absolute Gasteiger partial charge is 0.377 e. The molecule has 4 rings (SSSR count). The molecule has 0 aliphatic rings. The molecule has 15 nitrogen and oxygen atoms in total. The largest absolute Gasteiger partial charge is 0.500 e. The van der Waals surface area contributed by atoms with Gasteiger partial charge in [-0.1, -0.05) is 48.5 Å². The average molecular weight is 962 g/mol. The summed E-state index contributed by atoms with van der Waals surface area (Å²) < 4.78 is 90.7. The molecule has 3 N–H and O–H groups in total. The van der Waals surface area contributed by atoms with Crippen molar-refractivity contribution >= 4 is 82.5 Å². The molecule has 0 spiro atoms. The molecule has 0 aliphatic carbocycles. The number of fused-ring (bicyclic) bond motifs is 2. The molecule has 350 valence electrons. The van der Waals surface area contributed by atoms with E-state index in [1.54, 1.807) is 30.3 Å². The minimum absolute atomic E-state index is 0.0682. The van der Waals surface area contributed by atoms with Crippen LogP contribution in [0, 0.1) is 0 Å². The van der Waals surface area contributed by atoms with Crippen LogP contribution in [0.4, 0.5) is 11.4 Å². The molecule has 0 fully saturated rings. The van der Waals surface area contributed by atoms with Gasteiger partial charge in [0.05, 0.1) is 16.8 Å². The third-order valence-corrected chi connectivity index (χ3v) is 18.5. The maximum Gasteiger partial charge on any atom is 0.500 e. The van der Waals surface area contributed by atoms with Gasteiger partial charge in [0.25, 0.3) is 0 Å². The van der Waals surface area contributed by atoms with Crippen LogP contribution in [0.25, 0.3) is 21.5 Å². The Hall–Kier alpha value is -2.74. The normalized spacial score (nSPS) is 12.1. The number of nitrogens with one attached hydrogen (secondary N) is 1. The van der Waals surface area contributed by atoms with Crippen molar-refractivity contribution < 1.29 is 47.1 Å². The average Bonchev–Trinajstić information content (AvgIpc) is 3.24. The third-order valence-electron chi connectivity index (χ3n) is 9.15. The van der Waals surface area contributed by atoms with Crippen molar-refractivity contribution in [3.63, 3.8) is 0 Å². The number of halogens is 1. The van der Waals surface area contributed by atoms with E-state index in [9.17, 15) is 16.8 Å². The van der Waals surface area contributed by atoms with E-state index in [0.29, 0.717) is 69.4 Å². The summed E-state index contributed by atoms with van der Waals surface area (Å²) in [5, 5.41) is 3.03. The highest BCUT2D eigenvalue weighted by molar-refractivity contribution is 7.89. The Labute approximate surface area is 378 Å². The van der Waals surface area contributed by atoms with Crippen LogP contribution in [0.2, 0.25) is 12.1 Å². The van der Waals surface area contributed by atoms with E-state index in [1.165, 1.54) is 6.07 Å². The summed E-state index contributed by atoms with van der Waals surface area (Å²) in [6.45, 7) is 16.0. The van der Waals surface area contributed by atoms with Gasteiger partial charge in [-0.3, -0.25) is 0 Å². The molecule has 0 saturated heterocycles. The van der Waals surface area contributed by atoms with Crippen molar-refractivity contribution in [2.75, 3.05) is 90.7 Å². The van der Waals surface area contributed by atoms with E-state index in [0.717, 1.165) is 34.6 Å². The van der Waals surface area contributed by atoms with Gasteiger partial charge in [0, 0.05) is 119 Å². The summed E-state index contributed by atoms with van der Waals surface area (Å²) >= 11 is 5.03. The van der Waals surface area contributed by atoms with Gasteiger partial charge < -0.3 is 42.1 Å². The van der Waals surface area contributed by atoms with Crippen molar-refractivity contribution in [3.05, 3.63) is 72.8 Å². The van der Waals surface area contributed by atoms with Crippen molar-refractivity contribution in [2.24, 2.45) is 5.73 Å². The Morgan fingerprint density at radius 3 is 1.27 bits per heavy atom. The van der Waals surface area contributed by atoms with Gasteiger partial charge in [-0.05, 0) is 85.2 Å². The first-order chi connectivity index (χ1) is 29.5. The predicted octanol–water partition coefficient (Wildman–Crippen LogP) is 7.77. The second-order valence-corrected chi connectivity index (χ2v) is 23.0. The second kappa shape index (κ2) is 27.6. The standard InChI is InChI=1S/C21H34N2O5SSi.C12H12ClNO3S.C9H23NO3Si/c1-6-26-30(27-7-2,28-8-3)17-11-16-22-29(24,25)21-15-10-12-18-19(21)13-9-14-20(18)23(4)5;1-14(2)11-7-3-6-10-9(11)5-4-8-12(10)18(15,16)17-13;1-4-11-14(12-5-2,13-6-3)9-7-8-10/h9-10,12-15,22H,6-8,11,16-17H2,1-5H3;3-8H,1-2H3;4-10H2,1-3H3. The third kappa shape index (κ3) is 16.1. The minimum atomic E-state index is -3.92. The molecular weight excluding hydrogens is 892 g/mol. The lowest BCUT2D eigenvalue weighted by molar-refractivity contribution is 0.0701. The summed E-state index contributed by atoms with van der Waals surface area (Å²) in [5.41, 5.74) is 7.39. The van der Waals surface area contributed by atoms with Crippen LogP contribution in [-0.4, -0.2) is 115 Å². The number of nitrogens with zero attached hydrogens (tertiary/aromatic N) is 2. The number of hydrogen-bond donors (Lipinski definition) is 2. The summed E-state index contributed by atoms with van der Waals surface area (Å²) in [6.07, 6.45) is 1.46. The van der Waals surface area contributed by atoms with Crippen LogP contribution in [0.15, 0.2) is 82.6 Å². The summed E-state index contributed by atoms with van der Waals surface area (Å²) in [6, 6.07) is 22.9. The Bertz CT molecular complexity index is 2120. The van der Waals surface area contributed by atoms with Gasteiger partial charge in [-0.2, -0.15) is 12.2 Å². The minimum Gasteiger partial charge on any atom is -0.377 e. The number of anilines is 2. The van der Waals surface area contributed by atoms with Gasteiger partial charge in [-0.15, -0.1) is 0 Å². The highest BCUT2D eigenvalue weighted by Crippen LogP contribution is 2.32. The molecule has 0 amide bonds. The Balaban J connectivity index is 0.000000351. The molecular formula is C42H69ClN4O11S2Si2. The fourth-order valence-corrected chi connectivity index (χ4v) is 14.2. The van der Waals surface area contributed by atoms with Gasteiger partial charge in [-0.25, -0.2) is 13.1 Å². The Morgan fingerprint density at radius 2 is 0.903 bits per heavy atom. The van der Waals surface area contributed by atoms with E-state index in [1.807, 2.05) is 116 Å². The van der Waals surface area contributed by atoms with E-state index in [4.69, 9.17) is 44.2 Å².